The minimum atomic E-state index is -3.84. The van der Waals surface area contributed by atoms with Crippen molar-refractivity contribution in [2.45, 2.75) is 31.0 Å². The van der Waals surface area contributed by atoms with E-state index in [2.05, 4.69) is 15.4 Å². The molecular weight excluding hydrogens is 407 g/mol. The second-order valence-electron chi connectivity index (χ2n) is 7.34. The topological polar surface area (TPSA) is 88.2 Å². The molecule has 0 bridgehead atoms. The molecule has 0 radical (unpaired) electrons. The Labute approximate surface area is 175 Å². The summed E-state index contributed by atoms with van der Waals surface area (Å²) in [5, 5.41) is 10.4. The third kappa shape index (κ3) is 4.43. The van der Waals surface area contributed by atoms with E-state index in [9.17, 15) is 12.8 Å². The van der Waals surface area contributed by atoms with Crippen LogP contribution >= 0.6 is 0 Å². The number of sulfonamides is 1. The molecule has 1 aromatic heterocycles. The van der Waals surface area contributed by atoms with Gasteiger partial charge in [0, 0.05) is 13.7 Å². The summed E-state index contributed by atoms with van der Waals surface area (Å²) < 4.78 is 46.2. The van der Waals surface area contributed by atoms with Gasteiger partial charge in [0.25, 0.3) is 0 Å². The first-order valence-corrected chi connectivity index (χ1v) is 10.9. The predicted molar refractivity (Wildman–Crippen MR) is 112 cm³/mol. The molecule has 0 aliphatic heterocycles. The molecule has 0 atom stereocenters. The molecule has 1 heterocycles. The van der Waals surface area contributed by atoms with Gasteiger partial charge in [-0.1, -0.05) is 36.4 Å². The van der Waals surface area contributed by atoms with E-state index in [1.165, 1.54) is 17.6 Å². The first-order chi connectivity index (χ1) is 14.3. The van der Waals surface area contributed by atoms with Crippen LogP contribution in [0.1, 0.15) is 25.1 Å². The Morgan fingerprint density at radius 1 is 1.07 bits per heavy atom. The molecule has 30 heavy (non-hydrogen) atoms. The molecule has 2 aromatic carbocycles. The fraction of sp³-hybridized carbons (Fsp3) is 0.333. The summed E-state index contributed by atoms with van der Waals surface area (Å²) in [5.74, 6) is 0. The van der Waals surface area contributed by atoms with Crippen molar-refractivity contribution in [3.8, 4) is 11.1 Å². The quantitative estimate of drug-likeness (QED) is 0.559. The van der Waals surface area contributed by atoms with Crippen LogP contribution in [0.4, 0.5) is 4.39 Å². The first kappa shape index (κ1) is 22.1. The highest BCUT2D eigenvalue weighted by molar-refractivity contribution is 7.89. The Hall–Kier alpha value is -2.62. The van der Waals surface area contributed by atoms with Crippen molar-refractivity contribution in [3.63, 3.8) is 0 Å². The Balaban J connectivity index is 1.94. The summed E-state index contributed by atoms with van der Waals surface area (Å²) in [5.41, 5.74) is 1.90. The zero-order valence-electron chi connectivity index (χ0n) is 17.2. The maximum atomic E-state index is 13.5. The summed E-state index contributed by atoms with van der Waals surface area (Å²) in [6.07, 6.45) is 1.51. The summed E-state index contributed by atoms with van der Waals surface area (Å²) in [6.45, 7) is 3.43. The smallest absolute Gasteiger partial charge is 0.244 e. The number of aromatic nitrogens is 3. The van der Waals surface area contributed by atoms with Crippen LogP contribution in [0, 0.1) is 0 Å². The van der Waals surface area contributed by atoms with Gasteiger partial charge in [0.05, 0.1) is 23.2 Å². The minimum absolute atomic E-state index is 0.158. The maximum Gasteiger partial charge on any atom is 0.244 e. The molecule has 0 spiro atoms. The lowest BCUT2D eigenvalue weighted by molar-refractivity contribution is 0.138. The van der Waals surface area contributed by atoms with E-state index in [-0.39, 0.29) is 18.0 Å². The standard InChI is InChI=1S/C21H25FN4O3S/c1-21(2,20-15-23-25-24-20)26(12-13-29-3)30(27,28)19-10-8-18(9-11-19)17-6-4-16(14-22)5-7-17/h4-11,15H,12-14H2,1-3H3,(H,23,24,25). The molecule has 0 saturated heterocycles. The van der Waals surface area contributed by atoms with Crippen LogP contribution in [-0.4, -0.2) is 48.4 Å². The highest BCUT2D eigenvalue weighted by Gasteiger charge is 2.40. The molecule has 7 nitrogen and oxygen atoms in total. The van der Waals surface area contributed by atoms with Gasteiger partial charge in [-0.15, -0.1) is 0 Å². The van der Waals surface area contributed by atoms with E-state index in [0.717, 1.165) is 11.1 Å². The van der Waals surface area contributed by atoms with Gasteiger partial charge in [-0.25, -0.2) is 12.8 Å². The van der Waals surface area contributed by atoms with E-state index in [1.807, 2.05) is 12.1 Å². The second-order valence-corrected chi connectivity index (χ2v) is 9.20. The molecule has 0 aliphatic rings. The maximum absolute atomic E-state index is 13.5. The number of halogens is 1. The Bertz CT molecular complexity index is 1050. The highest BCUT2D eigenvalue weighted by Crippen LogP contribution is 2.32. The van der Waals surface area contributed by atoms with Crippen LogP contribution in [-0.2, 0) is 27.0 Å². The van der Waals surface area contributed by atoms with Crippen molar-refractivity contribution in [2.75, 3.05) is 20.3 Å². The van der Waals surface area contributed by atoms with Crippen molar-refractivity contribution in [1.29, 1.82) is 0 Å². The van der Waals surface area contributed by atoms with E-state index in [4.69, 9.17) is 4.74 Å². The number of methoxy groups -OCH3 is 1. The highest BCUT2D eigenvalue weighted by atomic mass is 32.2. The molecule has 9 heteroatoms. The van der Waals surface area contributed by atoms with Gasteiger partial charge in [-0.3, -0.25) is 0 Å². The lowest BCUT2D eigenvalue weighted by atomic mass is 10.0. The summed E-state index contributed by atoms with van der Waals surface area (Å²) >= 11 is 0. The van der Waals surface area contributed by atoms with Crippen molar-refractivity contribution in [2.24, 2.45) is 0 Å². The molecule has 1 N–H and O–H groups in total. The number of nitrogens with zero attached hydrogens (tertiary/aromatic N) is 3. The van der Waals surface area contributed by atoms with Gasteiger partial charge in [0.1, 0.15) is 12.4 Å². The van der Waals surface area contributed by atoms with E-state index >= 15 is 0 Å². The first-order valence-electron chi connectivity index (χ1n) is 9.44. The average Bonchev–Trinajstić information content (AvgIpc) is 3.30. The van der Waals surface area contributed by atoms with Crippen LogP contribution < -0.4 is 0 Å². The molecule has 160 valence electrons. The normalized spacial score (nSPS) is 12.4. The van der Waals surface area contributed by atoms with Gasteiger partial charge in [0.15, 0.2) is 0 Å². The predicted octanol–water partition coefficient (Wildman–Crippen LogP) is 3.51. The van der Waals surface area contributed by atoms with Gasteiger partial charge in [-0.05, 0) is 42.7 Å². The summed E-state index contributed by atoms with van der Waals surface area (Å²) in [7, 11) is -2.32. The molecule has 3 rings (SSSR count). The monoisotopic (exact) mass is 432 g/mol. The van der Waals surface area contributed by atoms with E-state index in [0.29, 0.717) is 11.3 Å². The molecule has 0 amide bonds. The Kier molecular flexibility index (Phi) is 6.64. The second kappa shape index (κ2) is 9.03. The van der Waals surface area contributed by atoms with Crippen LogP contribution in [0.2, 0.25) is 0 Å². The summed E-state index contributed by atoms with van der Waals surface area (Å²) in [6, 6.07) is 13.7. The number of nitrogens with one attached hydrogen (secondary N) is 1. The van der Waals surface area contributed by atoms with Crippen LogP contribution in [0.3, 0.4) is 0 Å². The largest absolute Gasteiger partial charge is 0.383 e. The van der Waals surface area contributed by atoms with Crippen LogP contribution in [0.15, 0.2) is 59.6 Å². The molecule has 0 saturated carbocycles. The molecule has 0 fully saturated rings. The number of benzene rings is 2. The lowest BCUT2D eigenvalue weighted by Gasteiger charge is -2.35. The van der Waals surface area contributed by atoms with Crippen molar-refractivity contribution in [3.05, 3.63) is 66.0 Å². The third-order valence-corrected chi connectivity index (χ3v) is 7.13. The SMILES string of the molecule is COCCN(C(C)(C)c1cn[nH]n1)S(=O)(=O)c1ccc(-c2ccc(CF)cc2)cc1. The van der Waals surface area contributed by atoms with Gasteiger partial charge < -0.3 is 4.74 Å². The zero-order valence-corrected chi connectivity index (χ0v) is 18.0. The molecule has 0 aliphatic carbocycles. The van der Waals surface area contributed by atoms with Crippen molar-refractivity contribution < 1.29 is 17.5 Å². The van der Waals surface area contributed by atoms with Crippen molar-refractivity contribution >= 4 is 10.0 Å². The lowest BCUT2D eigenvalue weighted by Crippen LogP contribution is -2.47. The minimum Gasteiger partial charge on any atom is -0.383 e. The number of H-pyrrole nitrogens is 1. The number of ether oxygens (including phenoxy) is 1. The Morgan fingerprint density at radius 2 is 1.67 bits per heavy atom. The number of alkyl halides is 1. The van der Waals surface area contributed by atoms with E-state index in [1.54, 1.807) is 50.2 Å². The fourth-order valence-electron chi connectivity index (χ4n) is 3.23. The summed E-state index contributed by atoms with van der Waals surface area (Å²) in [4.78, 5) is 0.166. The number of hydrogen-bond donors (Lipinski definition) is 1. The molecule has 0 unspecified atom stereocenters. The number of rotatable bonds is 9. The molecular formula is C21H25FN4O3S. The average molecular weight is 433 g/mol. The molecule has 3 aromatic rings. The Morgan fingerprint density at radius 3 is 2.17 bits per heavy atom. The van der Waals surface area contributed by atoms with Gasteiger partial charge >= 0.3 is 0 Å². The van der Waals surface area contributed by atoms with Gasteiger partial charge in [-0.2, -0.15) is 19.7 Å². The third-order valence-electron chi connectivity index (χ3n) is 5.05. The number of hydrogen-bond acceptors (Lipinski definition) is 5. The van der Waals surface area contributed by atoms with Crippen molar-refractivity contribution in [1.82, 2.24) is 19.7 Å². The fourth-order valence-corrected chi connectivity index (χ4v) is 4.98. The zero-order chi connectivity index (χ0) is 21.8. The van der Waals surface area contributed by atoms with Crippen LogP contribution in [0.25, 0.3) is 11.1 Å². The van der Waals surface area contributed by atoms with E-state index < -0.39 is 22.2 Å². The number of aromatic amines is 1. The van der Waals surface area contributed by atoms with Crippen LogP contribution in [0.5, 0.6) is 0 Å². The van der Waals surface area contributed by atoms with Gasteiger partial charge in [0.2, 0.25) is 10.0 Å².